The van der Waals surface area contributed by atoms with Crippen molar-refractivity contribution in [2.24, 2.45) is 11.3 Å². The second-order valence-corrected chi connectivity index (χ2v) is 6.55. The highest BCUT2D eigenvalue weighted by Crippen LogP contribution is 2.34. The second kappa shape index (κ2) is 9.80. The summed E-state index contributed by atoms with van der Waals surface area (Å²) in [5.41, 5.74) is 3.36. The maximum Gasteiger partial charge on any atom is 0.0103 e. The van der Waals surface area contributed by atoms with Crippen LogP contribution in [0.1, 0.15) is 90.4 Å². The van der Waals surface area contributed by atoms with Crippen molar-refractivity contribution >= 4 is 0 Å². The summed E-state index contributed by atoms with van der Waals surface area (Å²) in [7, 11) is 0. The summed E-state index contributed by atoms with van der Waals surface area (Å²) in [6, 6.07) is 0. The minimum Gasteiger partial charge on any atom is -0.271 e. The first-order valence-corrected chi connectivity index (χ1v) is 8.20. The van der Waals surface area contributed by atoms with Gasteiger partial charge in [0.25, 0.3) is 0 Å². The summed E-state index contributed by atoms with van der Waals surface area (Å²) in [6.45, 7) is 3.44. The highest BCUT2D eigenvalue weighted by molar-refractivity contribution is 4.75. The van der Waals surface area contributed by atoms with Crippen molar-refractivity contribution < 1.29 is 0 Å². The van der Waals surface area contributed by atoms with Gasteiger partial charge >= 0.3 is 0 Å². The Hall–Kier alpha value is -0.0800. The number of nitrogens with one attached hydrogen (secondary N) is 1. The molecular formula is C16H34N2. The highest BCUT2D eigenvalue weighted by Gasteiger charge is 2.22. The van der Waals surface area contributed by atoms with E-state index in [9.17, 15) is 0 Å². The number of hydrogen-bond acceptors (Lipinski definition) is 2. The number of hydrazine groups is 1. The summed E-state index contributed by atoms with van der Waals surface area (Å²) in [4.78, 5) is 0. The molecule has 0 saturated heterocycles. The standard InChI is InChI=1S/C16H34N2/c1-16(14-15-18-17)12-10-8-6-4-2-3-5-7-9-11-13-16/h18H,2-15,17H2,1H3. The fourth-order valence-corrected chi connectivity index (χ4v) is 3.27. The van der Waals surface area contributed by atoms with Crippen LogP contribution in [0.5, 0.6) is 0 Å². The molecule has 0 heterocycles. The van der Waals surface area contributed by atoms with E-state index in [1.165, 1.54) is 83.5 Å². The predicted molar refractivity (Wildman–Crippen MR) is 80.3 cm³/mol. The summed E-state index contributed by atoms with van der Waals surface area (Å²) in [5.74, 6) is 5.45. The Morgan fingerprint density at radius 1 is 0.778 bits per heavy atom. The van der Waals surface area contributed by atoms with E-state index in [1.54, 1.807) is 0 Å². The molecule has 0 unspecified atom stereocenters. The fraction of sp³-hybridized carbons (Fsp3) is 1.00. The molecule has 0 aliphatic heterocycles. The van der Waals surface area contributed by atoms with E-state index in [0.717, 1.165) is 6.54 Å². The third kappa shape index (κ3) is 7.38. The van der Waals surface area contributed by atoms with Gasteiger partial charge in [0.15, 0.2) is 0 Å². The smallest absolute Gasteiger partial charge is 0.0103 e. The minimum atomic E-state index is 0.528. The van der Waals surface area contributed by atoms with Gasteiger partial charge in [0.1, 0.15) is 0 Å². The summed E-state index contributed by atoms with van der Waals surface area (Å²) >= 11 is 0. The van der Waals surface area contributed by atoms with Crippen molar-refractivity contribution in [2.45, 2.75) is 90.4 Å². The summed E-state index contributed by atoms with van der Waals surface area (Å²) in [5, 5.41) is 0. The molecule has 0 atom stereocenters. The summed E-state index contributed by atoms with van der Waals surface area (Å²) < 4.78 is 0. The van der Waals surface area contributed by atoms with Crippen LogP contribution in [0, 0.1) is 5.41 Å². The van der Waals surface area contributed by atoms with Crippen LogP contribution in [0.15, 0.2) is 0 Å². The van der Waals surface area contributed by atoms with Gasteiger partial charge in [-0.1, -0.05) is 71.1 Å². The van der Waals surface area contributed by atoms with Crippen molar-refractivity contribution in [2.75, 3.05) is 6.54 Å². The lowest BCUT2D eigenvalue weighted by molar-refractivity contribution is 0.229. The van der Waals surface area contributed by atoms with Crippen LogP contribution < -0.4 is 11.3 Å². The van der Waals surface area contributed by atoms with Gasteiger partial charge in [-0.2, -0.15) is 0 Å². The SMILES string of the molecule is CC1(CCNN)CCCCCCCCCCCC1. The molecule has 18 heavy (non-hydrogen) atoms. The molecule has 2 heteroatoms. The lowest BCUT2D eigenvalue weighted by Gasteiger charge is -2.30. The number of nitrogens with two attached hydrogens (primary N) is 1. The average molecular weight is 254 g/mol. The molecule has 0 aromatic heterocycles. The maximum absolute atomic E-state index is 5.45. The predicted octanol–water partition coefficient (Wildman–Crippen LogP) is 4.54. The molecule has 2 nitrogen and oxygen atoms in total. The number of hydrogen-bond donors (Lipinski definition) is 2. The van der Waals surface area contributed by atoms with Crippen molar-refractivity contribution in [3.05, 3.63) is 0 Å². The van der Waals surface area contributed by atoms with E-state index in [0.29, 0.717) is 5.41 Å². The van der Waals surface area contributed by atoms with Crippen molar-refractivity contribution in [3.8, 4) is 0 Å². The van der Waals surface area contributed by atoms with Crippen LogP contribution in [-0.2, 0) is 0 Å². The second-order valence-electron chi connectivity index (χ2n) is 6.55. The van der Waals surface area contributed by atoms with Gasteiger partial charge < -0.3 is 0 Å². The third-order valence-electron chi connectivity index (χ3n) is 4.68. The molecule has 0 bridgehead atoms. The molecule has 1 rings (SSSR count). The van der Waals surface area contributed by atoms with Crippen LogP contribution in [0.4, 0.5) is 0 Å². The Bertz CT molecular complexity index is 178. The van der Waals surface area contributed by atoms with Gasteiger partial charge in [-0.05, 0) is 24.7 Å². The molecular weight excluding hydrogens is 220 g/mol. The van der Waals surface area contributed by atoms with E-state index in [4.69, 9.17) is 5.84 Å². The topological polar surface area (TPSA) is 38.0 Å². The van der Waals surface area contributed by atoms with Gasteiger partial charge in [0.05, 0.1) is 0 Å². The van der Waals surface area contributed by atoms with Gasteiger partial charge in [0.2, 0.25) is 0 Å². The average Bonchev–Trinajstić information content (AvgIpc) is 2.39. The van der Waals surface area contributed by atoms with Crippen molar-refractivity contribution in [3.63, 3.8) is 0 Å². The first kappa shape index (κ1) is 16.0. The molecule has 1 aliphatic rings. The van der Waals surface area contributed by atoms with Gasteiger partial charge in [0, 0.05) is 6.54 Å². The van der Waals surface area contributed by atoms with Crippen molar-refractivity contribution in [1.29, 1.82) is 0 Å². The Kier molecular flexibility index (Phi) is 8.70. The molecule has 1 aliphatic carbocycles. The molecule has 108 valence electrons. The molecule has 0 amide bonds. The molecule has 0 aromatic rings. The van der Waals surface area contributed by atoms with Gasteiger partial charge in [-0.15, -0.1) is 0 Å². The molecule has 1 saturated carbocycles. The van der Waals surface area contributed by atoms with Crippen LogP contribution >= 0.6 is 0 Å². The molecule has 0 spiro atoms. The first-order valence-electron chi connectivity index (χ1n) is 8.20. The van der Waals surface area contributed by atoms with Gasteiger partial charge in [-0.3, -0.25) is 11.3 Å². The third-order valence-corrected chi connectivity index (χ3v) is 4.68. The van der Waals surface area contributed by atoms with Crippen LogP contribution in [-0.4, -0.2) is 6.54 Å². The van der Waals surface area contributed by atoms with E-state index >= 15 is 0 Å². The van der Waals surface area contributed by atoms with Crippen molar-refractivity contribution in [1.82, 2.24) is 5.43 Å². The van der Waals surface area contributed by atoms with Crippen LogP contribution in [0.25, 0.3) is 0 Å². The highest BCUT2D eigenvalue weighted by atomic mass is 15.2. The first-order chi connectivity index (χ1) is 8.77. The minimum absolute atomic E-state index is 0.528. The lowest BCUT2D eigenvalue weighted by atomic mass is 9.77. The number of rotatable bonds is 3. The van der Waals surface area contributed by atoms with Gasteiger partial charge in [-0.25, -0.2) is 0 Å². The molecule has 0 radical (unpaired) electrons. The Morgan fingerprint density at radius 3 is 1.56 bits per heavy atom. The van der Waals surface area contributed by atoms with Crippen LogP contribution in [0.3, 0.4) is 0 Å². The summed E-state index contributed by atoms with van der Waals surface area (Å²) in [6.07, 6.45) is 18.5. The normalized spacial score (nSPS) is 23.7. The maximum atomic E-state index is 5.45. The largest absolute Gasteiger partial charge is 0.271 e. The monoisotopic (exact) mass is 254 g/mol. The van der Waals surface area contributed by atoms with E-state index in [2.05, 4.69) is 12.3 Å². The molecule has 3 N–H and O–H groups in total. The van der Waals surface area contributed by atoms with Crippen LogP contribution in [0.2, 0.25) is 0 Å². The Morgan fingerprint density at radius 2 is 1.17 bits per heavy atom. The quantitative estimate of drug-likeness (QED) is 0.573. The fourth-order valence-electron chi connectivity index (χ4n) is 3.27. The van der Waals surface area contributed by atoms with E-state index in [1.807, 2.05) is 0 Å². The molecule has 0 aromatic carbocycles. The van der Waals surface area contributed by atoms with E-state index in [-0.39, 0.29) is 0 Å². The zero-order valence-corrected chi connectivity index (χ0v) is 12.5. The lowest BCUT2D eigenvalue weighted by Crippen LogP contribution is -2.29. The molecule has 1 fully saturated rings. The Balaban J connectivity index is 2.36. The van der Waals surface area contributed by atoms with E-state index < -0.39 is 0 Å². The Labute approximate surface area is 114 Å². The zero-order chi connectivity index (χ0) is 13.1. The zero-order valence-electron chi connectivity index (χ0n) is 12.5.